The molecule has 0 aromatic carbocycles. The maximum Gasteiger partial charge on any atom is 0.182 e. The average Bonchev–Trinajstić information content (AvgIpc) is 2.37. The molecule has 0 unspecified atom stereocenters. The summed E-state index contributed by atoms with van der Waals surface area (Å²) in [5, 5.41) is 1.89. The van der Waals surface area contributed by atoms with E-state index in [0.29, 0.717) is 5.75 Å². The summed E-state index contributed by atoms with van der Waals surface area (Å²) in [4.78, 5) is 11.6. The highest BCUT2D eigenvalue weighted by Gasteiger charge is 2.01. The number of rotatable bonds is 2. The molecule has 0 spiro atoms. The van der Waals surface area contributed by atoms with Crippen LogP contribution in [-0.4, -0.2) is 11.5 Å². The minimum atomic E-state index is 0.105. The van der Waals surface area contributed by atoms with E-state index >= 15 is 0 Å². The summed E-state index contributed by atoms with van der Waals surface area (Å²) >= 11 is 5.32. The Labute approximate surface area is 63.1 Å². The van der Waals surface area contributed by atoms with E-state index < -0.39 is 0 Å². The van der Waals surface area contributed by atoms with Gasteiger partial charge in [-0.2, -0.15) is 12.6 Å². The van der Waals surface area contributed by atoms with E-state index in [-0.39, 0.29) is 5.78 Å². The third-order valence-corrected chi connectivity index (χ3v) is 2.14. The number of carbonyl (C=O) groups is 1. The lowest BCUT2D eigenvalue weighted by Gasteiger charge is -1.85. The van der Waals surface area contributed by atoms with Gasteiger partial charge in [0.1, 0.15) is 0 Å². The van der Waals surface area contributed by atoms with Gasteiger partial charge in [-0.05, 0) is 11.4 Å². The molecule has 0 fully saturated rings. The summed E-state index contributed by atoms with van der Waals surface area (Å²) < 4.78 is 0. The zero-order chi connectivity index (χ0) is 6.69. The molecule has 0 aliphatic rings. The second kappa shape index (κ2) is 3.03. The fourth-order valence-electron chi connectivity index (χ4n) is 0.515. The topological polar surface area (TPSA) is 17.1 Å². The Bertz CT molecular complexity index is 191. The first kappa shape index (κ1) is 6.83. The minimum Gasteiger partial charge on any atom is -0.292 e. The summed E-state index contributed by atoms with van der Waals surface area (Å²) in [6.07, 6.45) is 0. The molecule has 0 aliphatic heterocycles. The molecule has 0 aliphatic carbocycles. The van der Waals surface area contributed by atoms with Crippen LogP contribution >= 0.6 is 24.0 Å². The van der Waals surface area contributed by atoms with Crippen LogP contribution in [0, 0.1) is 0 Å². The Kier molecular flexibility index (Phi) is 2.30. The lowest BCUT2D eigenvalue weighted by molar-refractivity contribution is 0.102. The number of thiophene rings is 1. The van der Waals surface area contributed by atoms with Gasteiger partial charge in [-0.15, -0.1) is 11.3 Å². The van der Waals surface area contributed by atoms with Crippen LogP contribution in [0.2, 0.25) is 0 Å². The maximum absolute atomic E-state index is 10.8. The van der Waals surface area contributed by atoms with Gasteiger partial charge >= 0.3 is 0 Å². The van der Waals surface area contributed by atoms with Gasteiger partial charge in [0, 0.05) is 0 Å². The minimum absolute atomic E-state index is 0.105. The lowest BCUT2D eigenvalue weighted by atomic mass is 10.4. The molecule has 0 amide bonds. The van der Waals surface area contributed by atoms with Crippen LogP contribution in [0.25, 0.3) is 0 Å². The van der Waals surface area contributed by atoms with E-state index in [1.807, 2.05) is 17.5 Å². The highest BCUT2D eigenvalue weighted by Crippen LogP contribution is 2.09. The van der Waals surface area contributed by atoms with Crippen molar-refractivity contribution in [3.05, 3.63) is 22.4 Å². The number of hydrogen-bond donors (Lipinski definition) is 1. The van der Waals surface area contributed by atoms with Crippen molar-refractivity contribution < 1.29 is 4.79 Å². The van der Waals surface area contributed by atoms with Crippen molar-refractivity contribution in [1.29, 1.82) is 0 Å². The quantitative estimate of drug-likeness (QED) is 0.513. The second-order valence-corrected chi connectivity index (χ2v) is 2.82. The van der Waals surface area contributed by atoms with Crippen LogP contribution in [0.5, 0.6) is 0 Å². The third kappa shape index (κ3) is 1.56. The number of carbonyl (C=O) groups excluding carboxylic acids is 1. The van der Waals surface area contributed by atoms with Gasteiger partial charge in [0.25, 0.3) is 0 Å². The molecule has 0 saturated heterocycles. The highest BCUT2D eigenvalue weighted by atomic mass is 32.1. The largest absolute Gasteiger partial charge is 0.292 e. The predicted molar refractivity (Wildman–Crippen MR) is 42.5 cm³/mol. The first-order valence-corrected chi connectivity index (χ1v) is 4.03. The molecule has 9 heavy (non-hydrogen) atoms. The van der Waals surface area contributed by atoms with Gasteiger partial charge < -0.3 is 0 Å². The zero-order valence-electron chi connectivity index (χ0n) is 4.70. The Morgan fingerprint density at radius 1 is 1.78 bits per heavy atom. The van der Waals surface area contributed by atoms with E-state index in [9.17, 15) is 4.79 Å². The van der Waals surface area contributed by atoms with Gasteiger partial charge in [-0.1, -0.05) is 6.07 Å². The average molecular weight is 158 g/mol. The van der Waals surface area contributed by atoms with Crippen molar-refractivity contribution in [3.63, 3.8) is 0 Å². The summed E-state index contributed by atoms with van der Waals surface area (Å²) in [7, 11) is 0. The Hall–Kier alpha value is -0.280. The molecule has 1 heterocycles. The van der Waals surface area contributed by atoms with E-state index in [4.69, 9.17) is 0 Å². The highest BCUT2D eigenvalue weighted by molar-refractivity contribution is 7.81. The van der Waals surface area contributed by atoms with E-state index in [0.717, 1.165) is 4.88 Å². The first-order chi connectivity index (χ1) is 4.34. The van der Waals surface area contributed by atoms with Crippen molar-refractivity contribution in [1.82, 2.24) is 0 Å². The standard InChI is InChI=1S/C6H6OS2/c7-5(4-8)6-2-1-3-9-6/h1-3,8H,4H2. The van der Waals surface area contributed by atoms with E-state index in [1.54, 1.807) is 0 Å². The smallest absolute Gasteiger partial charge is 0.182 e. The first-order valence-electron chi connectivity index (χ1n) is 2.52. The molecule has 1 nitrogen and oxygen atoms in total. The SMILES string of the molecule is O=C(CS)c1cccs1. The second-order valence-electron chi connectivity index (χ2n) is 1.56. The van der Waals surface area contributed by atoms with Gasteiger partial charge in [0.2, 0.25) is 0 Å². The Morgan fingerprint density at radius 3 is 3.00 bits per heavy atom. The van der Waals surface area contributed by atoms with Gasteiger partial charge in [0.05, 0.1) is 10.6 Å². The van der Waals surface area contributed by atoms with Crippen molar-refractivity contribution in [3.8, 4) is 0 Å². The van der Waals surface area contributed by atoms with Crippen molar-refractivity contribution in [2.45, 2.75) is 0 Å². The number of thiol groups is 1. The van der Waals surface area contributed by atoms with Crippen molar-refractivity contribution in [2.75, 3.05) is 5.75 Å². The van der Waals surface area contributed by atoms with E-state index in [1.165, 1.54) is 11.3 Å². The molecule has 0 atom stereocenters. The summed E-state index contributed by atoms with van der Waals surface area (Å²) in [5.74, 6) is 0.411. The molecule has 3 heteroatoms. The van der Waals surface area contributed by atoms with Gasteiger partial charge in [0.15, 0.2) is 5.78 Å². The fraction of sp³-hybridized carbons (Fsp3) is 0.167. The number of hydrogen-bond acceptors (Lipinski definition) is 3. The molecule has 1 aromatic heterocycles. The van der Waals surface area contributed by atoms with Crippen LogP contribution in [0.4, 0.5) is 0 Å². The van der Waals surface area contributed by atoms with Gasteiger partial charge in [-0.25, -0.2) is 0 Å². The molecule has 1 rings (SSSR count). The Morgan fingerprint density at radius 2 is 2.56 bits per heavy atom. The maximum atomic E-state index is 10.8. The molecule has 48 valence electrons. The number of Topliss-reactive ketones (excluding diaryl/α,β-unsaturated/α-hetero) is 1. The van der Waals surface area contributed by atoms with Crippen molar-refractivity contribution in [2.24, 2.45) is 0 Å². The Balaban J connectivity index is 2.77. The third-order valence-electron chi connectivity index (χ3n) is 0.940. The number of ketones is 1. The molecular formula is C6H6OS2. The summed E-state index contributed by atoms with van der Waals surface area (Å²) in [5.41, 5.74) is 0. The summed E-state index contributed by atoms with van der Waals surface area (Å²) in [6.45, 7) is 0. The summed E-state index contributed by atoms with van der Waals surface area (Å²) in [6, 6.07) is 3.67. The molecule has 0 bridgehead atoms. The molecular weight excluding hydrogens is 152 g/mol. The van der Waals surface area contributed by atoms with E-state index in [2.05, 4.69) is 12.6 Å². The van der Waals surface area contributed by atoms with Crippen LogP contribution in [-0.2, 0) is 0 Å². The molecule has 0 saturated carbocycles. The molecule has 1 aromatic rings. The van der Waals surface area contributed by atoms with Crippen LogP contribution < -0.4 is 0 Å². The predicted octanol–water partition coefficient (Wildman–Crippen LogP) is 1.86. The van der Waals surface area contributed by atoms with Crippen LogP contribution in [0.1, 0.15) is 9.67 Å². The molecule has 0 radical (unpaired) electrons. The normalized spacial score (nSPS) is 9.44. The van der Waals surface area contributed by atoms with Crippen LogP contribution in [0.15, 0.2) is 17.5 Å². The van der Waals surface area contributed by atoms with Gasteiger partial charge in [-0.3, -0.25) is 4.79 Å². The zero-order valence-corrected chi connectivity index (χ0v) is 6.41. The van der Waals surface area contributed by atoms with Crippen LogP contribution in [0.3, 0.4) is 0 Å². The van der Waals surface area contributed by atoms with Crippen molar-refractivity contribution >= 4 is 29.7 Å². The fourth-order valence-corrected chi connectivity index (χ4v) is 1.46. The monoisotopic (exact) mass is 158 g/mol. The lowest BCUT2D eigenvalue weighted by Crippen LogP contribution is -1.95. The molecule has 0 N–H and O–H groups in total.